The van der Waals surface area contributed by atoms with Crippen LogP contribution in [-0.2, 0) is 17.9 Å². The number of carbonyl (C=O) groups excluding carboxylic acids is 1. The molecule has 0 saturated carbocycles. The molecular formula is C25H29N3O4. The van der Waals surface area contributed by atoms with Gasteiger partial charge in [0, 0.05) is 25.3 Å². The highest BCUT2D eigenvalue weighted by atomic mass is 16.5. The third-order valence-electron chi connectivity index (χ3n) is 5.60. The maximum Gasteiger partial charge on any atom is 0.278 e. The Balaban J connectivity index is 1.43. The van der Waals surface area contributed by atoms with E-state index >= 15 is 0 Å². The third-order valence-corrected chi connectivity index (χ3v) is 5.60. The lowest BCUT2D eigenvalue weighted by atomic mass is 10.1. The van der Waals surface area contributed by atoms with Crippen molar-refractivity contribution in [3.05, 3.63) is 76.2 Å². The second-order valence-corrected chi connectivity index (χ2v) is 8.17. The minimum Gasteiger partial charge on any atom is -0.488 e. The molecular weight excluding hydrogens is 406 g/mol. The number of aromatic nitrogens is 1. The molecule has 1 N–H and O–H groups in total. The fraction of sp³-hybridized carbons (Fsp3) is 0.360. The highest BCUT2D eigenvalue weighted by Crippen LogP contribution is 2.23. The van der Waals surface area contributed by atoms with E-state index in [1.54, 1.807) is 6.92 Å². The van der Waals surface area contributed by atoms with E-state index in [1.165, 1.54) is 5.56 Å². The van der Waals surface area contributed by atoms with Gasteiger partial charge in [-0.25, -0.2) is 0 Å². The molecule has 0 radical (unpaired) electrons. The molecule has 1 saturated heterocycles. The van der Waals surface area contributed by atoms with E-state index in [0.29, 0.717) is 11.3 Å². The van der Waals surface area contributed by atoms with Gasteiger partial charge in [0.05, 0.1) is 18.8 Å². The summed E-state index contributed by atoms with van der Waals surface area (Å²) in [7, 11) is 0. The molecule has 7 nitrogen and oxygen atoms in total. The van der Waals surface area contributed by atoms with Crippen LogP contribution < -0.4 is 10.1 Å². The molecule has 0 unspecified atom stereocenters. The van der Waals surface area contributed by atoms with Gasteiger partial charge in [-0.2, -0.15) is 0 Å². The van der Waals surface area contributed by atoms with Crippen LogP contribution in [0.25, 0.3) is 0 Å². The molecule has 2 aromatic carbocycles. The van der Waals surface area contributed by atoms with Crippen molar-refractivity contribution in [2.24, 2.45) is 0 Å². The first kappa shape index (κ1) is 22.0. The average molecular weight is 436 g/mol. The largest absolute Gasteiger partial charge is 0.488 e. The van der Waals surface area contributed by atoms with Crippen molar-refractivity contribution in [3.63, 3.8) is 0 Å². The summed E-state index contributed by atoms with van der Waals surface area (Å²) in [6.07, 6.45) is 0. The molecule has 0 atom stereocenters. The number of nitrogens with one attached hydrogen (secondary N) is 1. The molecule has 4 rings (SSSR count). The lowest BCUT2D eigenvalue weighted by Crippen LogP contribution is -2.35. The second-order valence-electron chi connectivity index (χ2n) is 8.17. The summed E-state index contributed by atoms with van der Waals surface area (Å²) in [5.41, 5.74) is 4.97. The Bertz CT molecular complexity index is 1090. The van der Waals surface area contributed by atoms with E-state index in [-0.39, 0.29) is 18.2 Å². The summed E-state index contributed by atoms with van der Waals surface area (Å²) in [5, 5.41) is 6.93. The van der Waals surface area contributed by atoms with Crippen LogP contribution in [-0.4, -0.2) is 42.3 Å². The van der Waals surface area contributed by atoms with Crippen LogP contribution in [0.15, 0.2) is 47.0 Å². The first-order valence-corrected chi connectivity index (χ1v) is 10.8. The van der Waals surface area contributed by atoms with Gasteiger partial charge in [0.25, 0.3) is 5.91 Å². The van der Waals surface area contributed by atoms with E-state index in [0.717, 1.165) is 55.4 Å². The van der Waals surface area contributed by atoms with Crippen molar-refractivity contribution >= 4 is 11.6 Å². The van der Waals surface area contributed by atoms with Crippen molar-refractivity contribution in [1.29, 1.82) is 0 Å². The van der Waals surface area contributed by atoms with Crippen LogP contribution in [0.1, 0.15) is 38.5 Å². The lowest BCUT2D eigenvalue weighted by molar-refractivity contribution is 0.0342. The number of nitrogens with zero attached hydrogens (tertiary/aromatic N) is 2. The number of rotatable bonds is 7. The Kier molecular flexibility index (Phi) is 6.87. The molecule has 32 heavy (non-hydrogen) atoms. The number of hydrogen-bond donors (Lipinski definition) is 1. The standard InChI is InChI=1S/C25H29N3O4/c1-17-7-8-23(18(2)13-17)31-16-22-19(3)32-27-24(22)25(29)26-21-6-4-5-20(14-21)15-28-9-11-30-12-10-28/h4-8,13-14H,9-12,15-16H2,1-3H3,(H,26,29). The van der Waals surface area contributed by atoms with Crippen LogP contribution in [0.2, 0.25) is 0 Å². The smallest absolute Gasteiger partial charge is 0.278 e. The Hall–Kier alpha value is -3.16. The molecule has 1 fully saturated rings. The van der Waals surface area contributed by atoms with Crippen molar-refractivity contribution < 1.29 is 18.8 Å². The number of anilines is 1. The summed E-state index contributed by atoms with van der Waals surface area (Å²) in [6, 6.07) is 13.9. The summed E-state index contributed by atoms with van der Waals surface area (Å²) in [4.78, 5) is 15.3. The van der Waals surface area contributed by atoms with Crippen LogP contribution in [0.5, 0.6) is 5.75 Å². The number of aryl methyl sites for hydroxylation is 3. The summed E-state index contributed by atoms with van der Waals surface area (Å²) < 4.78 is 16.7. The molecule has 2 heterocycles. The summed E-state index contributed by atoms with van der Waals surface area (Å²) in [5.74, 6) is 1.03. The Morgan fingerprint density at radius 3 is 2.72 bits per heavy atom. The predicted octanol–water partition coefficient (Wildman–Crippen LogP) is 4.26. The van der Waals surface area contributed by atoms with Gasteiger partial charge in [-0.3, -0.25) is 9.69 Å². The molecule has 168 valence electrons. The van der Waals surface area contributed by atoms with E-state index in [2.05, 4.69) is 27.5 Å². The zero-order valence-corrected chi connectivity index (χ0v) is 18.8. The minimum atomic E-state index is -0.315. The first-order valence-electron chi connectivity index (χ1n) is 10.8. The van der Waals surface area contributed by atoms with Gasteiger partial charge in [-0.05, 0) is 50.1 Å². The van der Waals surface area contributed by atoms with Crippen molar-refractivity contribution in [2.45, 2.75) is 33.9 Å². The topological polar surface area (TPSA) is 76.8 Å². The Labute approximate surface area is 188 Å². The van der Waals surface area contributed by atoms with E-state index in [1.807, 2.05) is 44.2 Å². The number of ether oxygens (including phenoxy) is 2. The van der Waals surface area contributed by atoms with E-state index < -0.39 is 0 Å². The van der Waals surface area contributed by atoms with Gasteiger partial charge in [0.15, 0.2) is 5.69 Å². The van der Waals surface area contributed by atoms with Gasteiger partial charge in [-0.15, -0.1) is 0 Å². The third kappa shape index (κ3) is 5.36. The summed E-state index contributed by atoms with van der Waals surface area (Å²) >= 11 is 0. The molecule has 1 amide bonds. The first-order chi connectivity index (χ1) is 15.5. The normalized spacial score (nSPS) is 14.3. The SMILES string of the molecule is Cc1ccc(OCc2c(C(=O)Nc3cccc(CN4CCOCC4)c3)noc2C)c(C)c1. The number of benzene rings is 2. The molecule has 0 spiro atoms. The highest BCUT2D eigenvalue weighted by molar-refractivity contribution is 6.03. The predicted molar refractivity (Wildman–Crippen MR) is 122 cm³/mol. The monoisotopic (exact) mass is 435 g/mol. The van der Waals surface area contributed by atoms with Crippen LogP contribution >= 0.6 is 0 Å². The molecule has 0 bridgehead atoms. The maximum absolute atomic E-state index is 13.0. The maximum atomic E-state index is 13.0. The van der Waals surface area contributed by atoms with Gasteiger partial charge in [0.1, 0.15) is 18.1 Å². The number of carbonyl (C=O) groups is 1. The Morgan fingerprint density at radius 1 is 1.12 bits per heavy atom. The molecule has 3 aromatic rings. The van der Waals surface area contributed by atoms with Gasteiger partial charge in [0.2, 0.25) is 0 Å². The van der Waals surface area contributed by atoms with E-state index in [9.17, 15) is 4.79 Å². The van der Waals surface area contributed by atoms with Crippen molar-refractivity contribution in [1.82, 2.24) is 10.1 Å². The van der Waals surface area contributed by atoms with Gasteiger partial charge >= 0.3 is 0 Å². The van der Waals surface area contributed by atoms with Crippen molar-refractivity contribution in [2.75, 3.05) is 31.6 Å². The Morgan fingerprint density at radius 2 is 1.94 bits per heavy atom. The van der Waals surface area contributed by atoms with Crippen LogP contribution in [0, 0.1) is 20.8 Å². The number of hydrogen-bond acceptors (Lipinski definition) is 6. The molecule has 1 aliphatic heterocycles. The number of morpholine rings is 1. The second kappa shape index (κ2) is 9.97. The van der Waals surface area contributed by atoms with Crippen LogP contribution in [0.3, 0.4) is 0 Å². The fourth-order valence-electron chi connectivity index (χ4n) is 3.81. The van der Waals surface area contributed by atoms with Gasteiger partial charge < -0.3 is 19.3 Å². The molecule has 1 aromatic heterocycles. The lowest BCUT2D eigenvalue weighted by Gasteiger charge is -2.26. The minimum absolute atomic E-state index is 0.207. The van der Waals surface area contributed by atoms with Crippen molar-refractivity contribution in [3.8, 4) is 5.75 Å². The van der Waals surface area contributed by atoms with E-state index in [4.69, 9.17) is 14.0 Å². The molecule has 7 heteroatoms. The fourth-order valence-corrected chi connectivity index (χ4v) is 3.81. The van der Waals surface area contributed by atoms with Crippen LogP contribution in [0.4, 0.5) is 5.69 Å². The quantitative estimate of drug-likeness (QED) is 0.598. The van der Waals surface area contributed by atoms with Gasteiger partial charge in [-0.1, -0.05) is 35.0 Å². The zero-order chi connectivity index (χ0) is 22.5. The number of amides is 1. The average Bonchev–Trinajstić information content (AvgIpc) is 3.14. The molecule has 0 aliphatic carbocycles. The highest BCUT2D eigenvalue weighted by Gasteiger charge is 2.21. The zero-order valence-electron chi connectivity index (χ0n) is 18.8. The summed E-state index contributed by atoms with van der Waals surface area (Å²) in [6.45, 7) is 10.2. The molecule has 1 aliphatic rings.